The third-order valence-electron chi connectivity index (χ3n) is 5.31. The number of halogens is 2. The highest BCUT2D eigenvalue weighted by Crippen LogP contribution is 2.41. The van der Waals surface area contributed by atoms with E-state index in [1.165, 1.54) is 32.1 Å². The Morgan fingerprint density at radius 3 is 2.62 bits per heavy atom. The van der Waals surface area contributed by atoms with Gasteiger partial charge in [-0.1, -0.05) is 61.4 Å². The van der Waals surface area contributed by atoms with Crippen LogP contribution in [0.25, 0.3) is 0 Å². The summed E-state index contributed by atoms with van der Waals surface area (Å²) in [7, 11) is 0. The van der Waals surface area contributed by atoms with Gasteiger partial charge in [-0.15, -0.1) is 0 Å². The molecule has 1 aliphatic carbocycles. The van der Waals surface area contributed by atoms with Crippen LogP contribution in [0, 0.1) is 5.92 Å². The van der Waals surface area contributed by atoms with E-state index in [-0.39, 0.29) is 24.4 Å². The van der Waals surface area contributed by atoms with E-state index < -0.39 is 6.10 Å². The summed E-state index contributed by atoms with van der Waals surface area (Å²) in [6, 6.07) is 5.51. The molecule has 1 heterocycles. The Labute approximate surface area is 153 Å². The number of rotatable bonds is 4. The first-order valence-corrected chi connectivity index (χ1v) is 9.61. The third kappa shape index (κ3) is 4.44. The molecule has 0 amide bonds. The van der Waals surface area contributed by atoms with E-state index in [0.29, 0.717) is 22.4 Å². The van der Waals surface area contributed by atoms with Crippen molar-refractivity contribution < 1.29 is 14.6 Å². The minimum Gasteiger partial charge on any atom is -0.462 e. The number of hydrogen-bond acceptors (Lipinski definition) is 3. The summed E-state index contributed by atoms with van der Waals surface area (Å²) in [6.45, 7) is 0. The lowest BCUT2D eigenvalue weighted by Gasteiger charge is -2.35. The Morgan fingerprint density at radius 1 is 1.21 bits per heavy atom. The summed E-state index contributed by atoms with van der Waals surface area (Å²) in [5.74, 6) is 0.308. The van der Waals surface area contributed by atoms with Gasteiger partial charge in [0.2, 0.25) is 0 Å². The second kappa shape index (κ2) is 8.07. The molecule has 1 aromatic carbocycles. The Kier molecular flexibility index (Phi) is 6.07. The van der Waals surface area contributed by atoms with Crippen LogP contribution in [-0.4, -0.2) is 23.3 Å². The van der Waals surface area contributed by atoms with Crippen LogP contribution in [0.1, 0.15) is 62.8 Å². The van der Waals surface area contributed by atoms with E-state index >= 15 is 0 Å². The van der Waals surface area contributed by atoms with E-state index in [0.717, 1.165) is 12.0 Å². The van der Waals surface area contributed by atoms with Crippen molar-refractivity contribution in [2.45, 2.75) is 69.5 Å². The smallest absolute Gasteiger partial charge is 0.308 e. The molecule has 1 saturated carbocycles. The minimum absolute atomic E-state index is 0.0109. The van der Waals surface area contributed by atoms with E-state index in [2.05, 4.69) is 0 Å². The van der Waals surface area contributed by atoms with Gasteiger partial charge in [0.1, 0.15) is 6.10 Å². The van der Waals surface area contributed by atoms with Crippen molar-refractivity contribution in [1.29, 1.82) is 0 Å². The lowest BCUT2D eigenvalue weighted by Crippen LogP contribution is -2.37. The number of esters is 1. The van der Waals surface area contributed by atoms with Crippen molar-refractivity contribution in [2.75, 3.05) is 0 Å². The lowest BCUT2D eigenvalue weighted by atomic mass is 9.77. The SMILES string of the molecule is O=C1CC(O)CC(C(CC2CCCCC2)c2ccc(Cl)cc2Cl)O1. The van der Waals surface area contributed by atoms with Crippen LogP contribution < -0.4 is 0 Å². The lowest BCUT2D eigenvalue weighted by molar-refractivity contribution is -0.162. The molecule has 24 heavy (non-hydrogen) atoms. The molecule has 3 rings (SSSR count). The van der Waals surface area contributed by atoms with Gasteiger partial charge >= 0.3 is 5.97 Å². The molecule has 0 aromatic heterocycles. The molecule has 1 saturated heterocycles. The highest BCUT2D eigenvalue weighted by molar-refractivity contribution is 6.35. The van der Waals surface area contributed by atoms with Gasteiger partial charge in [0, 0.05) is 22.4 Å². The maximum atomic E-state index is 11.8. The van der Waals surface area contributed by atoms with Gasteiger partial charge in [0.25, 0.3) is 0 Å². The molecule has 3 nitrogen and oxygen atoms in total. The predicted molar refractivity (Wildman–Crippen MR) is 95.5 cm³/mol. The average Bonchev–Trinajstić information content (AvgIpc) is 2.53. The van der Waals surface area contributed by atoms with Gasteiger partial charge in [0.15, 0.2) is 0 Å². The summed E-state index contributed by atoms with van der Waals surface area (Å²) in [5.41, 5.74) is 0.971. The number of carbonyl (C=O) groups is 1. The number of carbonyl (C=O) groups excluding carboxylic acids is 1. The van der Waals surface area contributed by atoms with Crippen LogP contribution in [-0.2, 0) is 9.53 Å². The Balaban J connectivity index is 1.85. The quantitative estimate of drug-likeness (QED) is 0.748. The molecule has 1 N–H and O–H groups in total. The molecule has 132 valence electrons. The van der Waals surface area contributed by atoms with Crippen LogP contribution >= 0.6 is 23.2 Å². The van der Waals surface area contributed by atoms with E-state index in [9.17, 15) is 9.90 Å². The van der Waals surface area contributed by atoms with E-state index in [1.807, 2.05) is 12.1 Å². The Bertz CT molecular complexity index is 584. The van der Waals surface area contributed by atoms with Crippen LogP contribution in [0.15, 0.2) is 18.2 Å². The molecule has 3 unspecified atom stereocenters. The second-order valence-corrected chi connectivity index (χ2v) is 7.98. The van der Waals surface area contributed by atoms with Gasteiger partial charge in [-0.3, -0.25) is 4.79 Å². The number of cyclic esters (lactones) is 1. The first-order chi connectivity index (χ1) is 11.5. The highest BCUT2D eigenvalue weighted by Gasteiger charge is 2.36. The summed E-state index contributed by atoms with van der Waals surface area (Å²) < 4.78 is 5.61. The van der Waals surface area contributed by atoms with Gasteiger partial charge < -0.3 is 9.84 Å². The van der Waals surface area contributed by atoms with Crippen molar-refractivity contribution in [3.63, 3.8) is 0 Å². The topological polar surface area (TPSA) is 46.5 Å². The summed E-state index contributed by atoms with van der Waals surface area (Å²) >= 11 is 12.5. The standard InChI is InChI=1S/C19H24Cl2O3/c20-13-6-7-15(17(21)9-13)16(8-12-4-2-1-3-5-12)18-10-14(22)11-19(23)24-18/h6-7,9,12,14,16,18,22H,1-5,8,10-11H2. The zero-order valence-corrected chi connectivity index (χ0v) is 15.2. The molecular formula is C19H24Cl2O3. The largest absolute Gasteiger partial charge is 0.462 e. The molecule has 1 aromatic rings. The monoisotopic (exact) mass is 370 g/mol. The van der Waals surface area contributed by atoms with E-state index in [1.54, 1.807) is 6.07 Å². The summed E-state index contributed by atoms with van der Waals surface area (Å²) in [4.78, 5) is 11.8. The van der Waals surface area contributed by atoms with Gasteiger partial charge in [-0.25, -0.2) is 0 Å². The molecule has 0 spiro atoms. The van der Waals surface area contributed by atoms with Crippen molar-refractivity contribution in [1.82, 2.24) is 0 Å². The average molecular weight is 371 g/mol. The predicted octanol–water partition coefficient (Wildman–Crippen LogP) is 5.11. The molecule has 0 bridgehead atoms. The molecule has 2 aliphatic rings. The zero-order chi connectivity index (χ0) is 17.1. The number of benzene rings is 1. The van der Waals surface area contributed by atoms with Crippen LogP contribution in [0.3, 0.4) is 0 Å². The normalized spacial score (nSPS) is 26.9. The molecule has 5 heteroatoms. The molecule has 3 atom stereocenters. The third-order valence-corrected chi connectivity index (χ3v) is 5.87. The fraction of sp³-hybridized carbons (Fsp3) is 0.632. The molecule has 1 aliphatic heterocycles. The summed E-state index contributed by atoms with van der Waals surface area (Å²) in [6.07, 6.45) is 6.81. The molecule has 2 fully saturated rings. The Hall–Kier alpha value is -0.770. The van der Waals surface area contributed by atoms with Crippen molar-refractivity contribution in [3.8, 4) is 0 Å². The summed E-state index contributed by atoms with van der Waals surface area (Å²) in [5, 5.41) is 11.2. The minimum atomic E-state index is -0.629. The first-order valence-electron chi connectivity index (χ1n) is 8.85. The van der Waals surface area contributed by atoms with Gasteiger partial charge in [-0.05, 0) is 30.0 Å². The van der Waals surface area contributed by atoms with Gasteiger partial charge in [-0.2, -0.15) is 0 Å². The number of aliphatic hydroxyl groups excluding tert-OH is 1. The van der Waals surface area contributed by atoms with Gasteiger partial charge in [0.05, 0.1) is 12.5 Å². The van der Waals surface area contributed by atoms with Crippen molar-refractivity contribution in [3.05, 3.63) is 33.8 Å². The van der Waals surface area contributed by atoms with E-state index in [4.69, 9.17) is 27.9 Å². The van der Waals surface area contributed by atoms with Crippen molar-refractivity contribution >= 4 is 29.2 Å². The van der Waals surface area contributed by atoms with Crippen molar-refractivity contribution in [2.24, 2.45) is 5.92 Å². The first kappa shape index (κ1) is 18.0. The zero-order valence-electron chi connectivity index (χ0n) is 13.7. The maximum Gasteiger partial charge on any atom is 0.308 e. The van der Waals surface area contributed by atoms with Crippen LogP contribution in [0.2, 0.25) is 10.0 Å². The fourth-order valence-corrected chi connectivity index (χ4v) is 4.67. The number of hydrogen-bond donors (Lipinski definition) is 1. The Morgan fingerprint density at radius 2 is 1.96 bits per heavy atom. The second-order valence-electron chi connectivity index (χ2n) is 7.13. The molecular weight excluding hydrogens is 347 g/mol. The van der Waals surface area contributed by atoms with Crippen LogP contribution in [0.5, 0.6) is 0 Å². The fourth-order valence-electron chi connectivity index (χ4n) is 4.12. The van der Waals surface area contributed by atoms with Crippen LogP contribution in [0.4, 0.5) is 0 Å². The highest BCUT2D eigenvalue weighted by atomic mass is 35.5. The maximum absolute atomic E-state index is 11.8. The number of ether oxygens (including phenoxy) is 1. The molecule has 0 radical (unpaired) electrons. The number of aliphatic hydroxyl groups is 1.